The Kier molecular flexibility index (Phi) is 7.93. The maximum Gasteiger partial charge on any atom is 0.159 e. The molecule has 16 aromatic rings. The van der Waals surface area contributed by atoms with Gasteiger partial charge in [-0.2, -0.15) is 0 Å². The van der Waals surface area contributed by atoms with E-state index >= 15 is 0 Å². The van der Waals surface area contributed by atoms with Gasteiger partial charge in [0.1, 0.15) is 11.2 Å². The molecule has 0 N–H and O–H groups in total. The molecule has 338 valence electrons. The number of fused-ring (bicyclic) bond motifs is 16. The molecule has 6 heterocycles. The Balaban J connectivity index is 0.885. The minimum Gasteiger partial charge on any atom is -0.454 e. The zero-order valence-corrected chi connectivity index (χ0v) is 39.4. The molecule has 0 fully saturated rings. The second kappa shape index (κ2) is 14.5. The highest BCUT2D eigenvalue weighted by Gasteiger charge is 2.27. The van der Waals surface area contributed by atoms with Crippen LogP contribution >= 0.6 is 0 Å². The first-order chi connectivity index (χ1) is 35.6. The molecule has 0 atom stereocenters. The first-order valence-corrected chi connectivity index (χ1v) is 24.7. The lowest BCUT2D eigenvalue weighted by molar-refractivity contribution is 0.594. The minimum atomic E-state index is 0.871. The number of nitrogens with zero attached hydrogens (tertiary/aromatic N) is 4. The topological polar surface area (TPSA) is 41.6 Å². The predicted molar refractivity (Wildman–Crippen MR) is 301 cm³/mol. The Morgan fingerprint density at radius 3 is 1.49 bits per heavy atom. The summed E-state index contributed by atoms with van der Waals surface area (Å²) in [5, 5.41) is 13.2. The minimum absolute atomic E-state index is 0.871. The maximum absolute atomic E-state index is 6.65. The largest absolute Gasteiger partial charge is 0.454 e. The molecule has 6 heteroatoms. The van der Waals surface area contributed by atoms with Crippen molar-refractivity contribution in [2.75, 3.05) is 9.80 Å². The van der Waals surface area contributed by atoms with E-state index in [1.807, 2.05) is 12.1 Å². The normalized spacial score (nSPS) is 12.7. The molecule has 10 aromatic carbocycles. The quantitative estimate of drug-likeness (QED) is 0.160. The van der Waals surface area contributed by atoms with Crippen LogP contribution in [0.3, 0.4) is 0 Å². The van der Waals surface area contributed by atoms with Crippen LogP contribution in [-0.4, -0.2) is 8.80 Å². The third kappa shape index (κ3) is 5.22. The lowest BCUT2D eigenvalue weighted by Gasteiger charge is -2.27. The van der Waals surface area contributed by atoms with Gasteiger partial charge >= 0.3 is 0 Å². The molecule has 6 nitrogen and oxygen atoms in total. The smallest absolute Gasteiger partial charge is 0.159 e. The zero-order chi connectivity index (χ0) is 47.3. The molecule has 0 saturated carbocycles. The van der Waals surface area contributed by atoms with E-state index in [0.29, 0.717) is 0 Å². The van der Waals surface area contributed by atoms with E-state index in [9.17, 15) is 0 Å². The van der Waals surface area contributed by atoms with Gasteiger partial charge in [-0.25, -0.2) is 0 Å². The van der Waals surface area contributed by atoms with Crippen LogP contribution in [0.5, 0.6) is 0 Å². The summed E-state index contributed by atoms with van der Waals surface area (Å²) >= 11 is 0. The molecule has 0 aliphatic heterocycles. The summed E-state index contributed by atoms with van der Waals surface area (Å²) in [6.07, 6.45) is 2.17. The molecule has 0 unspecified atom stereocenters. The summed E-state index contributed by atoms with van der Waals surface area (Å²) in [5.74, 6) is 0.871. The van der Waals surface area contributed by atoms with E-state index in [2.05, 4.69) is 239 Å². The molecule has 0 saturated heterocycles. The summed E-state index contributed by atoms with van der Waals surface area (Å²) in [4.78, 5) is 4.68. The number of aromatic nitrogens is 2. The third-order valence-electron chi connectivity index (χ3n) is 15.5. The van der Waals surface area contributed by atoms with Crippen LogP contribution in [0.25, 0.3) is 115 Å². The monoisotopic (exact) mass is 922 g/mol. The van der Waals surface area contributed by atoms with Crippen molar-refractivity contribution in [3.05, 3.63) is 230 Å². The molecular formula is C66H42N4O2. The SMILES string of the molecule is C/C=C(\c1oc2ccccc2c1C)N(c1ccccc1)c1ccc2c(c1)c1cccc3c4cc5c(cc4n2c13)c1cccc2c3cc(N(c4ccccc4)c4cccc6c4oc4ccccc46)ccc3n5c21. The van der Waals surface area contributed by atoms with Gasteiger partial charge in [-0.3, -0.25) is 0 Å². The number of allylic oxidation sites excluding steroid dienone is 1. The van der Waals surface area contributed by atoms with Gasteiger partial charge in [0.15, 0.2) is 11.3 Å². The number of anilines is 5. The number of furan rings is 2. The molecule has 6 aromatic heterocycles. The molecule has 0 amide bonds. The van der Waals surface area contributed by atoms with E-state index in [4.69, 9.17) is 8.83 Å². The number of hydrogen-bond donors (Lipinski definition) is 0. The summed E-state index contributed by atoms with van der Waals surface area (Å²) < 4.78 is 18.3. The molecule has 0 spiro atoms. The number of aryl methyl sites for hydroxylation is 1. The average molecular weight is 923 g/mol. The fraction of sp³-hybridized carbons (Fsp3) is 0.0303. The lowest BCUT2D eigenvalue weighted by atomic mass is 10.0. The van der Waals surface area contributed by atoms with Gasteiger partial charge in [-0.05, 0) is 105 Å². The molecule has 0 bridgehead atoms. The molecule has 0 aliphatic rings. The Bertz CT molecular complexity index is 4900. The van der Waals surface area contributed by atoms with Gasteiger partial charge in [0.05, 0.1) is 44.5 Å². The van der Waals surface area contributed by atoms with E-state index in [1.165, 1.54) is 76.2 Å². The second-order valence-corrected chi connectivity index (χ2v) is 19.2. The van der Waals surface area contributed by atoms with Crippen molar-refractivity contribution in [1.82, 2.24) is 8.80 Å². The van der Waals surface area contributed by atoms with E-state index < -0.39 is 0 Å². The Hall–Kier alpha value is -9.52. The van der Waals surface area contributed by atoms with Crippen LogP contribution in [0.15, 0.2) is 227 Å². The van der Waals surface area contributed by atoms with E-state index in [1.54, 1.807) is 0 Å². The zero-order valence-electron chi connectivity index (χ0n) is 39.4. The van der Waals surface area contributed by atoms with Gasteiger partial charge in [0.25, 0.3) is 0 Å². The molecule has 72 heavy (non-hydrogen) atoms. The molecular weight excluding hydrogens is 881 g/mol. The van der Waals surface area contributed by atoms with Gasteiger partial charge in [-0.1, -0.05) is 127 Å². The summed E-state index contributed by atoms with van der Waals surface area (Å²) in [6.45, 7) is 4.26. The van der Waals surface area contributed by atoms with Crippen molar-refractivity contribution < 1.29 is 8.83 Å². The standard InChI is InChI=1S/C66H42N4O2/c1-3-55(65-39(2)44-21-10-12-29-61(44)71-65)67(40-17-6-4-7-18-40)42-31-33-56-51(35-42)46-23-14-25-48-53-38-60-54(37-59(53)69(56)63(46)48)49-26-15-24-47-52-36-43(32-34-57(52)70(60)64(47)49)68(41-19-8-5-9-20-41)58-28-16-27-50-45-22-11-13-30-62(45)72-66(50)58/h3-38H,1-2H3/b55-3+. The number of hydrogen-bond acceptors (Lipinski definition) is 4. The van der Waals surface area contributed by atoms with Crippen molar-refractivity contribution in [1.29, 1.82) is 0 Å². The third-order valence-corrected chi connectivity index (χ3v) is 15.5. The number of benzene rings is 10. The van der Waals surface area contributed by atoms with Crippen LogP contribution in [0.2, 0.25) is 0 Å². The van der Waals surface area contributed by atoms with Crippen molar-refractivity contribution in [2.24, 2.45) is 0 Å². The Labute approximate surface area is 412 Å². The lowest BCUT2D eigenvalue weighted by Crippen LogP contribution is -2.15. The second-order valence-electron chi connectivity index (χ2n) is 19.2. The van der Waals surface area contributed by atoms with Gasteiger partial charge in [-0.15, -0.1) is 0 Å². The van der Waals surface area contributed by atoms with Crippen LogP contribution in [0.4, 0.5) is 28.4 Å². The fourth-order valence-electron chi connectivity index (χ4n) is 12.4. The van der Waals surface area contributed by atoms with Crippen molar-refractivity contribution in [2.45, 2.75) is 13.8 Å². The first-order valence-electron chi connectivity index (χ1n) is 24.7. The molecule has 0 aliphatic carbocycles. The predicted octanol–water partition coefficient (Wildman–Crippen LogP) is 18.6. The first kappa shape index (κ1) is 39.3. The Morgan fingerprint density at radius 2 is 0.875 bits per heavy atom. The fourth-order valence-corrected chi connectivity index (χ4v) is 12.4. The Morgan fingerprint density at radius 1 is 0.389 bits per heavy atom. The van der Waals surface area contributed by atoms with Crippen molar-refractivity contribution in [3.63, 3.8) is 0 Å². The molecule has 16 rings (SSSR count). The number of rotatable bonds is 7. The summed E-state index contributed by atoms with van der Waals surface area (Å²) in [6, 6.07) is 76.8. The van der Waals surface area contributed by atoms with Crippen LogP contribution in [-0.2, 0) is 0 Å². The van der Waals surface area contributed by atoms with Gasteiger partial charge in [0.2, 0.25) is 0 Å². The van der Waals surface area contributed by atoms with Crippen LogP contribution < -0.4 is 9.80 Å². The van der Waals surface area contributed by atoms with Crippen molar-refractivity contribution in [3.8, 4) is 0 Å². The highest BCUT2D eigenvalue weighted by Crippen LogP contribution is 2.49. The van der Waals surface area contributed by atoms with Crippen LogP contribution in [0, 0.1) is 6.92 Å². The van der Waals surface area contributed by atoms with E-state index in [0.717, 1.165) is 78.4 Å². The van der Waals surface area contributed by atoms with Gasteiger partial charge in [0, 0.05) is 87.6 Å². The maximum atomic E-state index is 6.65. The average Bonchev–Trinajstić information content (AvgIpc) is 4.28. The van der Waals surface area contributed by atoms with Crippen LogP contribution in [0.1, 0.15) is 18.2 Å². The van der Waals surface area contributed by atoms with E-state index in [-0.39, 0.29) is 0 Å². The molecule has 0 radical (unpaired) electrons. The summed E-state index contributed by atoms with van der Waals surface area (Å²) in [7, 11) is 0. The summed E-state index contributed by atoms with van der Waals surface area (Å²) in [5.41, 5.74) is 17.3. The number of para-hydroxylation sites is 7. The highest BCUT2D eigenvalue weighted by atomic mass is 16.3. The van der Waals surface area contributed by atoms with Gasteiger partial charge < -0.3 is 27.4 Å². The highest BCUT2D eigenvalue weighted by molar-refractivity contribution is 6.29. The van der Waals surface area contributed by atoms with Crippen molar-refractivity contribution >= 4 is 143 Å².